The fourth-order valence-corrected chi connectivity index (χ4v) is 6.98. The molecule has 0 bridgehead atoms. The number of pyridine rings is 1. The minimum absolute atomic E-state index is 0. The lowest BCUT2D eigenvalue weighted by molar-refractivity contribution is -0.671. The summed E-state index contributed by atoms with van der Waals surface area (Å²) < 4.78 is 35.8. The number of nitrogens with zero attached hydrogens (tertiary/aromatic N) is 5. The molecule has 2 aromatic heterocycles. The summed E-state index contributed by atoms with van der Waals surface area (Å²) in [5.74, 6) is 0.406. The molecule has 49 heavy (non-hydrogen) atoms. The minimum atomic E-state index is -3.59. The van der Waals surface area contributed by atoms with Gasteiger partial charge in [0.05, 0.1) is 5.75 Å². The Morgan fingerprint density at radius 2 is 1.45 bits per heavy atom. The Morgan fingerprint density at radius 3 is 2.06 bits per heavy atom. The maximum Gasteiger partial charge on any atom is 0.407 e. The van der Waals surface area contributed by atoms with Crippen LogP contribution in [-0.4, -0.2) is 60.2 Å². The van der Waals surface area contributed by atoms with Crippen molar-refractivity contribution < 1.29 is 46.5 Å². The number of nitrogens with one attached hydrogen (secondary N) is 2. The molecule has 0 aliphatic rings. The van der Waals surface area contributed by atoms with Gasteiger partial charge in [-0.2, -0.15) is 9.36 Å². The molecule has 11 nitrogen and oxygen atoms in total. The first-order chi connectivity index (χ1) is 23.4. The van der Waals surface area contributed by atoms with E-state index in [1.165, 1.54) is 94.7 Å². The molecule has 0 aliphatic heterocycles. The Labute approximate surface area is 311 Å². The highest BCUT2D eigenvalue weighted by Gasteiger charge is 2.21. The number of halogens is 1. The molecule has 1 amide bonds. The molecule has 2 heterocycles. The van der Waals surface area contributed by atoms with Gasteiger partial charge >= 0.3 is 6.09 Å². The average molecular weight is 814 g/mol. The highest BCUT2D eigenvalue weighted by Crippen LogP contribution is 2.14. The molecule has 3 rings (SSSR count). The number of sulfonamides is 1. The van der Waals surface area contributed by atoms with Gasteiger partial charge in [-0.05, 0) is 30.7 Å². The monoisotopic (exact) mass is 813 g/mol. The van der Waals surface area contributed by atoms with Crippen LogP contribution < -0.4 is 38.6 Å². The Hall–Kier alpha value is -2.39. The Morgan fingerprint density at radius 1 is 0.857 bits per heavy atom. The molecule has 1 aromatic carbocycles. The summed E-state index contributed by atoms with van der Waals surface area (Å²) in [5, 5.41) is 16.0. The van der Waals surface area contributed by atoms with Crippen LogP contribution >= 0.6 is 0 Å². The summed E-state index contributed by atoms with van der Waals surface area (Å²) in [5.41, 5.74) is 1.06. The van der Waals surface area contributed by atoms with Crippen molar-refractivity contribution in [2.75, 3.05) is 25.4 Å². The minimum Gasteiger partial charge on any atom is -1.00 e. The molecule has 0 saturated carbocycles. The molecule has 0 spiro atoms. The van der Waals surface area contributed by atoms with Gasteiger partial charge in [0, 0.05) is 37.0 Å². The fraction of sp³-hybridized carbons (Fsp3) is 0.694. The van der Waals surface area contributed by atoms with Crippen LogP contribution in [-0.2, 0) is 21.3 Å². The van der Waals surface area contributed by atoms with E-state index in [2.05, 4.69) is 36.9 Å². The van der Waals surface area contributed by atoms with Crippen molar-refractivity contribution in [1.29, 1.82) is 0 Å². The van der Waals surface area contributed by atoms with Crippen molar-refractivity contribution >= 4 is 27.0 Å². The standard InChI is InChI=1S/C36H59N7O4S.HI/c1-3-4-5-6-7-8-9-10-11-12-13-14-15-16-17-20-26-37-36(44)47-31-34(43-40-32(2)39-41-43)30-38-48(45,46)29-22-28-42-27-21-24-33-23-18-19-25-35(33)42;/h18-19,21,23-25,27,34,38H,3-17,20,22,26,28-31H2,1-2H3;1H. The van der Waals surface area contributed by atoms with E-state index in [4.69, 9.17) is 4.74 Å². The Balaban J connectivity index is 0.00000833. The summed E-state index contributed by atoms with van der Waals surface area (Å²) in [6, 6.07) is 11.4. The third-order valence-corrected chi connectivity index (χ3v) is 10.1. The number of ether oxygens (including phenoxy) is 1. The smallest absolute Gasteiger partial charge is 0.407 e. The summed E-state index contributed by atoms with van der Waals surface area (Å²) in [7, 11) is -3.59. The first-order valence-electron chi connectivity index (χ1n) is 18.4. The van der Waals surface area contributed by atoms with Gasteiger partial charge in [0.2, 0.25) is 15.5 Å². The molecule has 0 fully saturated rings. The lowest BCUT2D eigenvalue weighted by Gasteiger charge is -2.17. The topological polar surface area (TPSA) is 132 Å². The third kappa shape index (κ3) is 18.4. The van der Waals surface area contributed by atoms with E-state index < -0.39 is 22.2 Å². The Bertz CT molecular complexity index is 1420. The van der Waals surface area contributed by atoms with Crippen LogP contribution in [0.5, 0.6) is 0 Å². The summed E-state index contributed by atoms with van der Waals surface area (Å²) in [4.78, 5) is 13.7. The molecule has 1 unspecified atom stereocenters. The number of aromatic nitrogens is 5. The third-order valence-electron chi connectivity index (χ3n) is 8.70. The normalized spacial score (nSPS) is 12.1. The van der Waals surface area contributed by atoms with Gasteiger partial charge in [-0.1, -0.05) is 115 Å². The van der Waals surface area contributed by atoms with Crippen molar-refractivity contribution in [3.05, 3.63) is 48.4 Å². The van der Waals surface area contributed by atoms with Crippen molar-refractivity contribution in [3.63, 3.8) is 0 Å². The lowest BCUT2D eigenvalue weighted by Crippen LogP contribution is -3.00. The predicted molar refractivity (Wildman–Crippen MR) is 191 cm³/mol. The molecular weight excluding hydrogens is 753 g/mol. The van der Waals surface area contributed by atoms with E-state index in [0.717, 1.165) is 23.7 Å². The first kappa shape index (κ1) is 42.8. The second-order valence-corrected chi connectivity index (χ2v) is 14.8. The summed E-state index contributed by atoms with van der Waals surface area (Å²) >= 11 is 0. The van der Waals surface area contributed by atoms with Gasteiger partial charge in [-0.25, -0.2) is 17.9 Å². The van der Waals surface area contributed by atoms with E-state index in [9.17, 15) is 13.2 Å². The van der Waals surface area contributed by atoms with E-state index in [1.807, 2.05) is 42.6 Å². The molecule has 1 atom stereocenters. The highest BCUT2D eigenvalue weighted by molar-refractivity contribution is 7.89. The molecular formula is C36H60IN7O4S. The van der Waals surface area contributed by atoms with Gasteiger partial charge in [0.15, 0.2) is 12.0 Å². The zero-order chi connectivity index (χ0) is 34.3. The second kappa shape index (κ2) is 25.5. The maximum absolute atomic E-state index is 12.8. The molecule has 0 aliphatic carbocycles. The molecule has 0 radical (unpaired) electrons. The number of alkyl carbamates (subject to hydrolysis) is 1. The number of unbranched alkanes of at least 4 members (excludes halogenated alkanes) is 15. The number of hydrogen-bond acceptors (Lipinski definition) is 7. The summed E-state index contributed by atoms with van der Waals surface area (Å²) in [6.45, 7) is 4.97. The van der Waals surface area contributed by atoms with Crippen molar-refractivity contribution in [1.82, 2.24) is 30.2 Å². The highest BCUT2D eigenvalue weighted by atomic mass is 127. The average Bonchev–Trinajstić information content (AvgIpc) is 3.52. The molecule has 13 heteroatoms. The fourth-order valence-electron chi connectivity index (χ4n) is 5.88. The van der Waals surface area contributed by atoms with Gasteiger partial charge in [-0.3, -0.25) is 0 Å². The van der Waals surface area contributed by atoms with Crippen LogP contribution in [0.15, 0.2) is 42.6 Å². The van der Waals surface area contributed by atoms with Crippen LogP contribution in [0.25, 0.3) is 10.9 Å². The van der Waals surface area contributed by atoms with E-state index in [1.54, 1.807) is 6.92 Å². The first-order valence-corrected chi connectivity index (χ1v) is 20.0. The van der Waals surface area contributed by atoms with Gasteiger partial charge in [0.25, 0.3) is 0 Å². The number of carbonyl (C=O) groups is 1. The number of benzene rings is 1. The van der Waals surface area contributed by atoms with Gasteiger partial charge < -0.3 is 34.0 Å². The van der Waals surface area contributed by atoms with Gasteiger partial charge in [0.1, 0.15) is 19.2 Å². The van der Waals surface area contributed by atoms with Crippen LogP contribution in [0.1, 0.15) is 128 Å². The molecule has 3 aromatic rings. The number of aryl methyl sites for hydroxylation is 2. The van der Waals surface area contributed by atoms with E-state index in [0.29, 0.717) is 25.3 Å². The van der Waals surface area contributed by atoms with Crippen molar-refractivity contribution in [3.8, 4) is 0 Å². The molecule has 0 saturated heterocycles. The number of amides is 1. The molecule has 276 valence electrons. The number of tetrazole rings is 1. The predicted octanol–water partition coefficient (Wildman–Crippen LogP) is 3.96. The van der Waals surface area contributed by atoms with Crippen LogP contribution in [0, 0.1) is 6.92 Å². The van der Waals surface area contributed by atoms with E-state index in [-0.39, 0.29) is 42.9 Å². The Kier molecular flexibility index (Phi) is 22.3. The number of carbonyl (C=O) groups excluding carboxylic acids is 1. The molecule has 2 N–H and O–H groups in total. The number of rotatable bonds is 27. The number of para-hydroxylation sites is 1. The van der Waals surface area contributed by atoms with Crippen molar-refractivity contribution in [2.45, 2.75) is 136 Å². The maximum atomic E-state index is 12.8. The zero-order valence-electron chi connectivity index (χ0n) is 29.8. The van der Waals surface area contributed by atoms with Gasteiger partial charge in [-0.15, -0.1) is 10.2 Å². The second-order valence-electron chi connectivity index (χ2n) is 12.9. The SMILES string of the molecule is CCCCCCCCCCCCCCCCCCNC(=O)OCC(CNS(=O)(=O)CCC[n+]1cccc2ccccc21)n1nnc(C)n1.[I-]. The summed E-state index contributed by atoms with van der Waals surface area (Å²) in [6.07, 6.45) is 22.7. The van der Waals surface area contributed by atoms with Crippen LogP contribution in [0.2, 0.25) is 0 Å². The number of hydrogen-bond donors (Lipinski definition) is 2. The van der Waals surface area contributed by atoms with Crippen LogP contribution in [0.4, 0.5) is 4.79 Å². The lowest BCUT2D eigenvalue weighted by atomic mass is 10.0. The zero-order valence-corrected chi connectivity index (χ0v) is 32.8. The van der Waals surface area contributed by atoms with E-state index >= 15 is 0 Å². The van der Waals surface area contributed by atoms with Crippen LogP contribution in [0.3, 0.4) is 0 Å². The van der Waals surface area contributed by atoms with Crippen molar-refractivity contribution in [2.24, 2.45) is 0 Å². The quantitative estimate of drug-likeness (QED) is 0.0677. The largest absolute Gasteiger partial charge is 1.00 e. The number of fused-ring (bicyclic) bond motifs is 1.